The Morgan fingerprint density at radius 2 is 1.62 bits per heavy atom. The van der Waals surface area contributed by atoms with Crippen molar-refractivity contribution in [2.24, 2.45) is 17.8 Å². The molecule has 0 bridgehead atoms. The van der Waals surface area contributed by atoms with E-state index in [2.05, 4.69) is 34.9 Å². The monoisotopic (exact) mass is 464 g/mol. The van der Waals surface area contributed by atoms with Crippen LogP contribution >= 0.6 is 0 Å². The van der Waals surface area contributed by atoms with Crippen molar-refractivity contribution in [3.05, 3.63) is 59.7 Å². The molecule has 1 fully saturated rings. The van der Waals surface area contributed by atoms with Crippen molar-refractivity contribution in [2.45, 2.75) is 45.1 Å². The predicted octanol–water partition coefficient (Wildman–Crippen LogP) is 4.17. The molecule has 34 heavy (non-hydrogen) atoms. The molecule has 0 radical (unpaired) electrons. The van der Waals surface area contributed by atoms with Gasteiger partial charge in [-0.15, -0.1) is 0 Å². The van der Waals surface area contributed by atoms with Crippen LogP contribution in [0.4, 0.5) is 4.79 Å². The number of hydrogen-bond acceptors (Lipinski definition) is 4. The van der Waals surface area contributed by atoms with Gasteiger partial charge in [0.15, 0.2) is 0 Å². The summed E-state index contributed by atoms with van der Waals surface area (Å²) in [5.74, 6) is -1.95. The summed E-state index contributed by atoms with van der Waals surface area (Å²) in [5.41, 5.74) is 4.61. The molecular formula is C27H32N2O5. The number of alkyl carbamates (subject to hydrolysis) is 1. The Hall–Kier alpha value is -3.35. The highest BCUT2D eigenvalue weighted by Crippen LogP contribution is 2.44. The van der Waals surface area contributed by atoms with Crippen LogP contribution in [0.25, 0.3) is 11.1 Å². The number of ether oxygens (including phenoxy) is 1. The van der Waals surface area contributed by atoms with Gasteiger partial charge in [0, 0.05) is 18.5 Å². The summed E-state index contributed by atoms with van der Waals surface area (Å²) in [7, 11) is 0. The first-order valence-electron chi connectivity index (χ1n) is 12.0. The van der Waals surface area contributed by atoms with Gasteiger partial charge < -0.3 is 20.5 Å². The predicted molar refractivity (Wildman–Crippen MR) is 128 cm³/mol. The molecule has 7 nitrogen and oxygen atoms in total. The number of rotatable bonds is 8. The van der Waals surface area contributed by atoms with E-state index in [-0.39, 0.29) is 24.3 Å². The molecule has 0 aliphatic heterocycles. The second-order valence-corrected chi connectivity index (χ2v) is 9.43. The molecule has 2 aliphatic rings. The van der Waals surface area contributed by atoms with E-state index in [1.54, 1.807) is 13.8 Å². The van der Waals surface area contributed by atoms with Gasteiger partial charge in [0.05, 0.1) is 11.8 Å². The smallest absolute Gasteiger partial charge is 0.407 e. The van der Waals surface area contributed by atoms with Gasteiger partial charge >= 0.3 is 12.1 Å². The van der Waals surface area contributed by atoms with Crippen molar-refractivity contribution < 1.29 is 24.2 Å². The first-order valence-corrected chi connectivity index (χ1v) is 12.0. The van der Waals surface area contributed by atoms with Crippen LogP contribution in [0.3, 0.4) is 0 Å². The molecule has 0 aromatic heterocycles. The molecule has 2 aromatic rings. The second-order valence-electron chi connectivity index (χ2n) is 9.43. The number of benzene rings is 2. The minimum absolute atomic E-state index is 0.0252. The first-order chi connectivity index (χ1) is 16.4. The molecule has 7 heteroatoms. The van der Waals surface area contributed by atoms with Crippen LogP contribution in [-0.4, -0.2) is 42.3 Å². The number of carbonyl (C=O) groups excluding carboxylic acids is 2. The fourth-order valence-electron chi connectivity index (χ4n) is 5.18. The zero-order valence-electron chi connectivity index (χ0n) is 19.6. The quantitative estimate of drug-likeness (QED) is 0.544. The Bertz CT molecular complexity index is 1020. The molecule has 2 amide bonds. The lowest BCUT2D eigenvalue weighted by Gasteiger charge is -2.23. The third-order valence-electron chi connectivity index (χ3n) is 7.37. The van der Waals surface area contributed by atoms with Crippen molar-refractivity contribution in [2.75, 3.05) is 13.2 Å². The standard InChI is InChI=1S/C27H32N2O5/c1-16(25(30)28-14-18-8-7-13-19(18)26(31)32)17(2)29-27(33)34-15-24-22-11-5-3-9-20(22)21-10-4-6-12-23(21)24/h3-6,9-12,16-19,24H,7-8,13-15H2,1-2H3,(H,28,30)(H,29,33)(H,31,32)/t16?,17?,18-,19-/m0/s1. The highest BCUT2D eigenvalue weighted by Gasteiger charge is 2.34. The lowest BCUT2D eigenvalue weighted by molar-refractivity contribution is -0.143. The zero-order valence-corrected chi connectivity index (χ0v) is 19.6. The van der Waals surface area contributed by atoms with Gasteiger partial charge in [0.25, 0.3) is 0 Å². The number of fused-ring (bicyclic) bond motifs is 3. The molecule has 3 N–H and O–H groups in total. The minimum atomic E-state index is -0.796. The Morgan fingerprint density at radius 3 is 2.24 bits per heavy atom. The molecule has 0 spiro atoms. The largest absolute Gasteiger partial charge is 0.481 e. The molecule has 180 valence electrons. The molecule has 0 heterocycles. The second kappa shape index (κ2) is 10.3. The molecular weight excluding hydrogens is 432 g/mol. The molecule has 4 rings (SSSR count). The van der Waals surface area contributed by atoms with Gasteiger partial charge in [-0.3, -0.25) is 9.59 Å². The van der Waals surface area contributed by atoms with E-state index < -0.39 is 29.9 Å². The maximum absolute atomic E-state index is 12.6. The normalized spacial score (nSPS) is 20.6. The summed E-state index contributed by atoms with van der Waals surface area (Å²) >= 11 is 0. The number of aliphatic carboxylic acids is 1. The number of carbonyl (C=O) groups is 3. The Labute approximate surface area is 199 Å². The molecule has 4 atom stereocenters. The van der Waals surface area contributed by atoms with E-state index >= 15 is 0 Å². The number of carboxylic acid groups (broad SMARTS) is 1. The van der Waals surface area contributed by atoms with E-state index in [9.17, 15) is 19.5 Å². The highest BCUT2D eigenvalue weighted by atomic mass is 16.5. The molecule has 0 saturated heterocycles. The number of nitrogens with one attached hydrogen (secondary N) is 2. The van der Waals surface area contributed by atoms with Crippen LogP contribution in [0.5, 0.6) is 0 Å². The SMILES string of the molecule is CC(NC(=O)OCC1c2ccccc2-c2ccccc21)C(C)C(=O)NC[C@@H]1CCC[C@@H]1C(=O)O. The summed E-state index contributed by atoms with van der Waals surface area (Å²) in [6, 6.07) is 15.9. The fraction of sp³-hybridized carbons (Fsp3) is 0.444. The fourth-order valence-corrected chi connectivity index (χ4v) is 5.18. The highest BCUT2D eigenvalue weighted by molar-refractivity contribution is 5.81. The minimum Gasteiger partial charge on any atom is -0.481 e. The summed E-state index contributed by atoms with van der Waals surface area (Å²) in [5, 5.41) is 14.9. The van der Waals surface area contributed by atoms with E-state index in [1.165, 1.54) is 0 Å². The number of amides is 2. The molecule has 2 unspecified atom stereocenters. The molecule has 2 aromatic carbocycles. The van der Waals surface area contributed by atoms with Crippen molar-refractivity contribution in [3.63, 3.8) is 0 Å². The van der Waals surface area contributed by atoms with Crippen LogP contribution in [0.1, 0.15) is 50.2 Å². The zero-order chi connectivity index (χ0) is 24.2. The first kappa shape index (κ1) is 23.8. The lowest BCUT2D eigenvalue weighted by Crippen LogP contribution is -2.45. The third kappa shape index (κ3) is 4.93. The summed E-state index contributed by atoms with van der Waals surface area (Å²) in [6.07, 6.45) is 1.77. The van der Waals surface area contributed by atoms with Crippen molar-refractivity contribution >= 4 is 18.0 Å². The van der Waals surface area contributed by atoms with Gasteiger partial charge in [-0.2, -0.15) is 0 Å². The van der Waals surface area contributed by atoms with Crippen LogP contribution < -0.4 is 10.6 Å². The van der Waals surface area contributed by atoms with Gasteiger partial charge in [-0.05, 0) is 47.9 Å². The van der Waals surface area contributed by atoms with Crippen molar-refractivity contribution in [1.29, 1.82) is 0 Å². The van der Waals surface area contributed by atoms with Crippen LogP contribution in [0.2, 0.25) is 0 Å². The molecule has 1 saturated carbocycles. The van der Waals surface area contributed by atoms with E-state index in [1.807, 2.05) is 24.3 Å². The summed E-state index contributed by atoms with van der Waals surface area (Å²) in [6.45, 7) is 4.07. The number of hydrogen-bond donors (Lipinski definition) is 3. The molecule has 2 aliphatic carbocycles. The lowest BCUT2D eigenvalue weighted by atomic mass is 9.95. The van der Waals surface area contributed by atoms with Crippen LogP contribution in [0.15, 0.2) is 48.5 Å². The number of carboxylic acids is 1. The maximum atomic E-state index is 12.6. The van der Waals surface area contributed by atoms with Gasteiger partial charge in [0.2, 0.25) is 5.91 Å². The van der Waals surface area contributed by atoms with Gasteiger partial charge in [-0.25, -0.2) is 4.79 Å². The van der Waals surface area contributed by atoms with Crippen molar-refractivity contribution in [3.8, 4) is 11.1 Å². The van der Waals surface area contributed by atoms with Gasteiger partial charge in [0.1, 0.15) is 6.61 Å². The van der Waals surface area contributed by atoms with E-state index in [0.29, 0.717) is 13.0 Å². The van der Waals surface area contributed by atoms with Crippen molar-refractivity contribution in [1.82, 2.24) is 10.6 Å². The maximum Gasteiger partial charge on any atom is 0.407 e. The summed E-state index contributed by atoms with van der Waals surface area (Å²) < 4.78 is 5.57. The van der Waals surface area contributed by atoms with Crippen LogP contribution in [-0.2, 0) is 14.3 Å². The Morgan fingerprint density at radius 1 is 1.00 bits per heavy atom. The van der Waals surface area contributed by atoms with E-state index in [4.69, 9.17) is 4.74 Å². The van der Waals surface area contributed by atoms with Crippen LogP contribution in [0, 0.1) is 17.8 Å². The average molecular weight is 465 g/mol. The average Bonchev–Trinajstić information content (AvgIpc) is 3.43. The van der Waals surface area contributed by atoms with E-state index in [0.717, 1.165) is 35.1 Å². The Kier molecular flexibility index (Phi) is 7.20. The Balaban J connectivity index is 1.28. The topological polar surface area (TPSA) is 105 Å². The third-order valence-corrected chi connectivity index (χ3v) is 7.37. The summed E-state index contributed by atoms with van der Waals surface area (Å²) in [4.78, 5) is 36.4. The van der Waals surface area contributed by atoms with Gasteiger partial charge in [-0.1, -0.05) is 61.9 Å².